The third-order valence-electron chi connectivity index (χ3n) is 4.14. The summed E-state index contributed by atoms with van der Waals surface area (Å²) in [5, 5.41) is 2.25. The number of amides is 1. The van der Waals surface area contributed by atoms with Crippen LogP contribution in [0.2, 0.25) is 0 Å². The number of carbonyl (C=O) groups is 1. The number of benzene rings is 1. The molecular formula is C16H23FN2O3S. The van der Waals surface area contributed by atoms with E-state index in [0.717, 1.165) is 0 Å². The number of sulfonamides is 1. The molecule has 0 aliphatic heterocycles. The Bertz CT molecular complexity index is 653. The molecular weight excluding hydrogens is 319 g/mol. The SMILES string of the molecule is CC(C)S(=O)(=O)NC1CCC(C(=O)Nc2cccc(F)c2)CC1. The molecule has 1 fully saturated rings. The number of anilines is 1. The van der Waals surface area contributed by atoms with Gasteiger partial charge in [-0.15, -0.1) is 0 Å². The monoisotopic (exact) mass is 342 g/mol. The van der Waals surface area contributed by atoms with Crippen LogP contribution in [0.5, 0.6) is 0 Å². The van der Waals surface area contributed by atoms with Crippen LogP contribution in [0.3, 0.4) is 0 Å². The maximum atomic E-state index is 13.1. The number of nitrogens with one attached hydrogen (secondary N) is 2. The lowest BCUT2D eigenvalue weighted by Gasteiger charge is -2.28. The molecule has 1 aliphatic rings. The molecule has 0 heterocycles. The van der Waals surface area contributed by atoms with Crippen LogP contribution in [0.15, 0.2) is 24.3 Å². The van der Waals surface area contributed by atoms with Crippen molar-refractivity contribution in [2.45, 2.75) is 50.8 Å². The van der Waals surface area contributed by atoms with E-state index >= 15 is 0 Å². The molecule has 0 spiro atoms. The minimum Gasteiger partial charge on any atom is -0.326 e. The van der Waals surface area contributed by atoms with E-state index in [2.05, 4.69) is 10.0 Å². The zero-order chi connectivity index (χ0) is 17.0. The van der Waals surface area contributed by atoms with E-state index in [1.165, 1.54) is 12.1 Å². The van der Waals surface area contributed by atoms with Gasteiger partial charge in [-0.3, -0.25) is 4.79 Å². The van der Waals surface area contributed by atoms with Crippen LogP contribution < -0.4 is 10.0 Å². The van der Waals surface area contributed by atoms with Crippen molar-refractivity contribution in [3.63, 3.8) is 0 Å². The lowest BCUT2D eigenvalue weighted by atomic mass is 9.86. The van der Waals surface area contributed by atoms with E-state index in [4.69, 9.17) is 0 Å². The molecule has 1 aromatic rings. The molecule has 1 aliphatic carbocycles. The molecule has 0 atom stereocenters. The first-order chi connectivity index (χ1) is 10.8. The van der Waals surface area contributed by atoms with Gasteiger partial charge >= 0.3 is 0 Å². The van der Waals surface area contributed by atoms with Crippen LogP contribution in [0.25, 0.3) is 0 Å². The summed E-state index contributed by atoms with van der Waals surface area (Å²) in [7, 11) is -3.28. The second-order valence-corrected chi connectivity index (χ2v) is 8.53. The molecule has 0 bridgehead atoms. The molecule has 0 aromatic heterocycles. The first-order valence-corrected chi connectivity index (χ1v) is 9.40. The molecule has 7 heteroatoms. The number of halogens is 1. The van der Waals surface area contributed by atoms with E-state index in [1.54, 1.807) is 26.0 Å². The summed E-state index contributed by atoms with van der Waals surface area (Å²) in [6.07, 6.45) is 2.50. The smallest absolute Gasteiger partial charge is 0.227 e. The van der Waals surface area contributed by atoms with E-state index in [1.807, 2.05) is 0 Å². The average molecular weight is 342 g/mol. The quantitative estimate of drug-likeness (QED) is 0.864. The summed E-state index contributed by atoms with van der Waals surface area (Å²) in [5.74, 6) is -0.701. The van der Waals surface area contributed by atoms with Gasteiger partial charge in [0.25, 0.3) is 0 Å². The molecule has 128 valence electrons. The Kier molecular flexibility index (Phi) is 5.75. The first-order valence-electron chi connectivity index (χ1n) is 7.85. The lowest BCUT2D eigenvalue weighted by Crippen LogP contribution is -2.42. The Morgan fingerprint density at radius 3 is 2.43 bits per heavy atom. The lowest BCUT2D eigenvalue weighted by molar-refractivity contribution is -0.120. The summed E-state index contributed by atoms with van der Waals surface area (Å²) < 4.78 is 39.5. The number of rotatable bonds is 5. The highest BCUT2D eigenvalue weighted by Crippen LogP contribution is 2.26. The number of hydrogen-bond donors (Lipinski definition) is 2. The second-order valence-electron chi connectivity index (χ2n) is 6.26. The number of carbonyl (C=O) groups excluding carboxylic acids is 1. The van der Waals surface area contributed by atoms with Gasteiger partial charge in [-0.1, -0.05) is 6.07 Å². The Morgan fingerprint density at radius 2 is 1.87 bits per heavy atom. The predicted octanol–water partition coefficient (Wildman–Crippen LogP) is 2.65. The zero-order valence-corrected chi connectivity index (χ0v) is 14.2. The van der Waals surface area contributed by atoms with Crippen molar-refractivity contribution in [3.8, 4) is 0 Å². The van der Waals surface area contributed by atoms with Crippen LogP contribution in [0.1, 0.15) is 39.5 Å². The molecule has 0 saturated heterocycles. The third-order valence-corrected chi connectivity index (χ3v) is 6.04. The fraction of sp³-hybridized carbons (Fsp3) is 0.562. The normalized spacial score (nSPS) is 22.1. The summed E-state index contributed by atoms with van der Waals surface area (Å²) in [5.41, 5.74) is 0.442. The first kappa shape index (κ1) is 17.9. The van der Waals surface area contributed by atoms with E-state index in [0.29, 0.717) is 31.4 Å². The van der Waals surface area contributed by atoms with E-state index < -0.39 is 21.1 Å². The van der Waals surface area contributed by atoms with Crippen LogP contribution in [0, 0.1) is 11.7 Å². The molecule has 1 amide bonds. The van der Waals surface area contributed by atoms with Crippen molar-refractivity contribution in [3.05, 3.63) is 30.1 Å². The van der Waals surface area contributed by atoms with Crippen LogP contribution in [-0.4, -0.2) is 25.6 Å². The highest BCUT2D eigenvalue weighted by Gasteiger charge is 2.29. The van der Waals surface area contributed by atoms with Crippen molar-refractivity contribution in [2.75, 3.05) is 5.32 Å². The Morgan fingerprint density at radius 1 is 1.22 bits per heavy atom. The van der Waals surface area contributed by atoms with E-state index in [-0.39, 0.29) is 17.9 Å². The number of hydrogen-bond acceptors (Lipinski definition) is 3. The molecule has 23 heavy (non-hydrogen) atoms. The highest BCUT2D eigenvalue weighted by atomic mass is 32.2. The largest absolute Gasteiger partial charge is 0.326 e. The van der Waals surface area contributed by atoms with Crippen LogP contribution in [0.4, 0.5) is 10.1 Å². The van der Waals surface area contributed by atoms with Crippen LogP contribution >= 0.6 is 0 Å². The van der Waals surface area contributed by atoms with Crippen molar-refractivity contribution >= 4 is 21.6 Å². The van der Waals surface area contributed by atoms with Gasteiger partial charge in [-0.05, 0) is 57.7 Å². The standard InChI is InChI=1S/C16H23FN2O3S/c1-11(2)23(21,22)19-14-8-6-12(7-9-14)16(20)18-15-5-3-4-13(17)10-15/h3-5,10-12,14,19H,6-9H2,1-2H3,(H,18,20). The fourth-order valence-corrected chi connectivity index (χ4v) is 3.62. The average Bonchev–Trinajstić information content (AvgIpc) is 2.47. The minimum absolute atomic E-state index is 0.111. The van der Waals surface area contributed by atoms with Gasteiger partial charge in [0.2, 0.25) is 15.9 Å². The second kappa shape index (κ2) is 7.40. The summed E-state index contributed by atoms with van der Waals surface area (Å²) in [4.78, 5) is 12.2. The Hall–Kier alpha value is -1.47. The van der Waals surface area contributed by atoms with Gasteiger partial charge in [0, 0.05) is 17.6 Å². The van der Waals surface area contributed by atoms with Gasteiger partial charge < -0.3 is 5.32 Å². The minimum atomic E-state index is -3.28. The van der Waals surface area contributed by atoms with Crippen molar-refractivity contribution in [2.24, 2.45) is 5.92 Å². The molecule has 2 rings (SSSR count). The summed E-state index contributed by atoms with van der Waals surface area (Å²) >= 11 is 0. The zero-order valence-electron chi connectivity index (χ0n) is 13.4. The van der Waals surface area contributed by atoms with Crippen molar-refractivity contribution in [1.82, 2.24) is 4.72 Å². The van der Waals surface area contributed by atoms with Gasteiger partial charge in [0.05, 0.1) is 5.25 Å². The maximum absolute atomic E-state index is 13.1. The topological polar surface area (TPSA) is 75.3 Å². The molecule has 0 radical (unpaired) electrons. The van der Waals surface area contributed by atoms with Gasteiger partial charge in [-0.2, -0.15) is 0 Å². The highest BCUT2D eigenvalue weighted by molar-refractivity contribution is 7.90. The van der Waals surface area contributed by atoms with E-state index in [9.17, 15) is 17.6 Å². The van der Waals surface area contributed by atoms with Crippen molar-refractivity contribution in [1.29, 1.82) is 0 Å². The van der Waals surface area contributed by atoms with Gasteiger partial charge in [-0.25, -0.2) is 17.5 Å². The van der Waals surface area contributed by atoms with Gasteiger partial charge in [0.1, 0.15) is 5.82 Å². The molecule has 2 N–H and O–H groups in total. The maximum Gasteiger partial charge on any atom is 0.227 e. The molecule has 1 aromatic carbocycles. The molecule has 5 nitrogen and oxygen atoms in total. The summed E-state index contributed by atoms with van der Waals surface area (Å²) in [6, 6.07) is 5.68. The van der Waals surface area contributed by atoms with Crippen molar-refractivity contribution < 1.29 is 17.6 Å². The molecule has 0 unspecified atom stereocenters. The van der Waals surface area contributed by atoms with Crippen LogP contribution in [-0.2, 0) is 14.8 Å². The fourth-order valence-electron chi connectivity index (χ4n) is 2.65. The Labute approximate surface area is 136 Å². The third kappa shape index (κ3) is 5.00. The summed E-state index contributed by atoms with van der Waals surface area (Å²) in [6.45, 7) is 3.28. The Balaban J connectivity index is 1.85. The predicted molar refractivity (Wildman–Crippen MR) is 88.0 cm³/mol. The molecule has 1 saturated carbocycles. The van der Waals surface area contributed by atoms with Gasteiger partial charge in [0.15, 0.2) is 0 Å².